The summed E-state index contributed by atoms with van der Waals surface area (Å²) in [4.78, 5) is 2.20. The van der Waals surface area contributed by atoms with Crippen molar-refractivity contribution in [1.29, 1.82) is 0 Å². The molecule has 1 aromatic rings. The summed E-state index contributed by atoms with van der Waals surface area (Å²) in [5, 5.41) is 12.5. The molecular formula is C14H26N2O2. The molecule has 2 N–H and O–H groups in total. The number of aliphatic hydroxyl groups is 1. The second-order valence-electron chi connectivity index (χ2n) is 5.50. The summed E-state index contributed by atoms with van der Waals surface area (Å²) < 4.78 is 5.47. The van der Waals surface area contributed by atoms with Crippen LogP contribution in [0.3, 0.4) is 0 Å². The number of hydrogen-bond donors (Lipinski definition) is 2. The lowest BCUT2D eigenvalue weighted by molar-refractivity contribution is 0.240. The Morgan fingerprint density at radius 3 is 2.44 bits per heavy atom. The minimum Gasteiger partial charge on any atom is -0.462 e. The molecular weight excluding hydrogens is 228 g/mol. The number of likely N-dealkylation sites (N-methyl/N-ethyl adjacent to an activating group) is 1. The van der Waals surface area contributed by atoms with E-state index in [1.165, 1.54) is 0 Å². The normalized spacial score (nSPS) is 13.5. The van der Waals surface area contributed by atoms with E-state index in [0.717, 1.165) is 18.7 Å². The van der Waals surface area contributed by atoms with Gasteiger partial charge in [0, 0.05) is 12.6 Å². The molecule has 0 saturated carbocycles. The molecule has 0 fully saturated rings. The molecule has 1 atom stereocenters. The number of rotatable bonds is 8. The summed E-state index contributed by atoms with van der Waals surface area (Å²) >= 11 is 0. The lowest BCUT2D eigenvalue weighted by atomic mass is 10.0. The van der Waals surface area contributed by atoms with E-state index in [-0.39, 0.29) is 6.61 Å². The van der Waals surface area contributed by atoms with Crippen molar-refractivity contribution in [2.75, 3.05) is 20.6 Å². The van der Waals surface area contributed by atoms with Gasteiger partial charge in [0.15, 0.2) is 0 Å². The van der Waals surface area contributed by atoms with E-state index in [9.17, 15) is 0 Å². The van der Waals surface area contributed by atoms with Gasteiger partial charge in [-0.25, -0.2) is 0 Å². The first-order valence-electron chi connectivity index (χ1n) is 6.57. The van der Waals surface area contributed by atoms with Crippen molar-refractivity contribution < 1.29 is 9.52 Å². The van der Waals surface area contributed by atoms with Gasteiger partial charge in [0.1, 0.15) is 18.1 Å². The van der Waals surface area contributed by atoms with Crippen molar-refractivity contribution in [2.24, 2.45) is 5.92 Å². The third kappa shape index (κ3) is 5.67. The SMILES string of the molecule is CC(C)CC(CN(C)C)NCc1ccc(CO)o1. The van der Waals surface area contributed by atoms with Crippen LogP contribution in [0.1, 0.15) is 31.8 Å². The smallest absolute Gasteiger partial charge is 0.129 e. The minimum absolute atomic E-state index is 0.0346. The van der Waals surface area contributed by atoms with Crippen molar-refractivity contribution in [2.45, 2.75) is 39.5 Å². The Morgan fingerprint density at radius 2 is 1.94 bits per heavy atom. The second kappa shape index (κ2) is 7.56. The summed E-state index contributed by atoms with van der Waals surface area (Å²) in [5.74, 6) is 2.18. The molecule has 0 aliphatic carbocycles. The molecule has 0 aliphatic heterocycles. The number of aliphatic hydroxyl groups excluding tert-OH is 1. The minimum atomic E-state index is -0.0346. The first-order chi connectivity index (χ1) is 8.51. The molecule has 0 amide bonds. The van der Waals surface area contributed by atoms with Gasteiger partial charge in [0.25, 0.3) is 0 Å². The predicted octanol–water partition coefficient (Wildman–Crippen LogP) is 1.84. The molecule has 1 rings (SSSR count). The highest BCUT2D eigenvalue weighted by Crippen LogP contribution is 2.10. The lowest BCUT2D eigenvalue weighted by Gasteiger charge is -2.23. The van der Waals surface area contributed by atoms with Crippen molar-refractivity contribution in [3.05, 3.63) is 23.7 Å². The van der Waals surface area contributed by atoms with Crippen molar-refractivity contribution in [3.8, 4) is 0 Å². The van der Waals surface area contributed by atoms with Crippen LogP contribution >= 0.6 is 0 Å². The van der Waals surface area contributed by atoms with E-state index in [4.69, 9.17) is 9.52 Å². The van der Waals surface area contributed by atoms with Crippen LogP contribution in [-0.2, 0) is 13.2 Å². The van der Waals surface area contributed by atoms with Crippen molar-refractivity contribution in [3.63, 3.8) is 0 Å². The maximum absolute atomic E-state index is 8.95. The second-order valence-corrected chi connectivity index (χ2v) is 5.50. The fraction of sp³-hybridized carbons (Fsp3) is 0.714. The molecule has 0 aromatic carbocycles. The Kier molecular flexibility index (Phi) is 6.39. The first kappa shape index (κ1) is 15.2. The van der Waals surface area contributed by atoms with E-state index in [2.05, 4.69) is 38.2 Å². The molecule has 18 heavy (non-hydrogen) atoms. The van der Waals surface area contributed by atoms with Crippen LogP contribution in [-0.4, -0.2) is 36.7 Å². The van der Waals surface area contributed by atoms with E-state index < -0.39 is 0 Å². The highest BCUT2D eigenvalue weighted by atomic mass is 16.4. The molecule has 4 heteroatoms. The average molecular weight is 254 g/mol. The molecule has 1 unspecified atom stereocenters. The standard InChI is InChI=1S/C14H26N2O2/c1-11(2)7-12(9-16(3)4)15-8-13-5-6-14(10-17)18-13/h5-6,11-12,15,17H,7-10H2,1-4H3. The molecule has 0 saturated heterocycles. The molecule has 1 heterocycles. The van der Waals surface area contributed by atoms with Gasteiger partial charge >= 0.3 is 0 Å². The van der Waals surface area contributed by atoms with Crippen LogP contribution in [0, 0.1) is 5.92 Å². The number of hydrogen-bond acceptors (Lipinski definition) is 4. The van der Waals surface area contributed by atoms with Crippen molar-refractivity contribution >= 4 is 0 Å². The molecule has 0 radical (unpaired) electrons. The van der Waals surface area contributed by atoms with Crippen molar-refractivity contribution in [1.82, 2.24) is 10.2 Å². The molecule has 104 valence electrons. The highest BCUT2D eigenvalue weighted by Gasteiger charge is 2.12. The fourth-order valence-electron chi connectivity index (χ4n) is 2.08. The Hall–Kier alpha value is -0.840. The number of nitrogens with zero attached hydrogens (tertiary/aromatic N) is 1. The predicted molar refractivity (Wildman–Crippen MR) is 73.3 cm³/mol. The number of nitrogens with one attached hydrogen (secondary N) is 1. The molecule has 1 aromatic heterocycles. The Bertz CT molecular complexity index is 324. The van der Waals surface area contributed by atoms with E-state index in [1.807, 2.05) is 12.1 Å². The van der Waals surface area contributed by atoms with Gasteiger partial charge in [0.05, 0.1) is 6.54 Å². The van der Waals surface area contributed by atoms with Crippen LogP contribution < -0.4 is 5.32 Å². The maximum atomic E-state index is 8.95. The van der Waals surface area contributed by atoms with Gasteiger partial charge in [-0.3, -0.25) is 0 Å². The van der Waals surface area contributed by atoms with Gasteiger partial charge in [-0.1, -0.05) is 13.8 Å². The van der Waals surface area contributed by atoms with E-state index in [1.54, 1.807) is 0 Å². The zero-order chi connectivity index (χ0) is 13.5. The van der Waals surface area contributed by atoms with Gasteiger partial charge < -0.3 is 19.7 Å². The van der Waals surface area contributed by atoms with E-state index in [0.29, 0.717) is 24.3 Å². The van der Waals surface area contributed by atoms with Crippen LogP contribution in [0.4, 0.5) is 0 Å². The Morgan fingerprint density at radius 1 is 1.28 bits per heavy atom. The van der Waals surface area contributed by atoms with Crippen LogP contribution in [0.15, 0.2) is 16.5 Å². The van der Waals surface area contributed by atoms with E-state index >= 15 is 0 Å². The first-order valence-corrected chi connectivity index (χ1v) is 6.57. The summed E-state index contributed by atoms with van der Waals surface area (Å²) in [6.45, 7) is 6.17. The van der Waals surface area contributed by atoms with Gasteiger partial charge in [-0.2, -0.15) is 0 Å². The zero-order valence-corrected chi connectivity index (χ0v) is 11.9. The largest absolute Gasteiger partial charge is 0.462 e. The molecule has 4 nitrogen and oxygen atoms in total. The Labute approximate surface area is 110 Å². The molecule has 0 bridgehead atoms. The summed E-state index contributed by atoms with van der Waals surface area (Å²) in [7, 11) is 4.18. The van der Waals surface area contributed by atoms with Crippen LogP contribution in [0.2, 0.25) is 0 Å². The Balaban J connectivity index is 2.44. The lowest BCUT2D eigenvalue weighted by Crippen LogP contribution is -2.38. The van der Waals surface area contributed by atoms with Gasteiger partial charge in [-0.15, -0.1) is 0 Å². The number of furan rings is 1. The maximum Gasteiger partial charge on any atom is 0.129 e. The van der Waals surface area contributed by atoms with Gasteiger partial charge in [-0.05, 0) is 38.6 Å². The highest BCUT2D eigenvalue weighted by molar-refractivity contribution is 5.06. The third-order valence-electron chi connectivity index (χ3n) is 2.78. The van der Waals surface area contributed by atoms with Gasteiger partial charge in [0.2, 0.25) is 0 Å². The monoisotopic (exact) mass is 254 g/mol. The zero-order valence-electron chi connectivity index (χ0n) is 11.9. The summed E-state index contributed by atoms with van der Waals surface area (Å²) in [5.41, 5.74) is 0. The quantitative estimate of drug-likeness (QED) is 0.743. The summed E-state index contributed by atoms with van der Waals surface area (Å²) in [6.07, 6.45) is 1.14. The van der Waals surface area contributed by atoms with Crippen LogP contribution in [0.5, 0.6) is 0 Å². The fourth-order valence-corrected chi connectivity index (χ4v) is 2.08. The molecule has 0 aliphatic rings. The molecule has 0 spiro atoms. The summed E-state index contributed by atoms with van der Waals surface area (Å²) in [6, 6.07) is 4.20. The third-order valence-corrected chi connectivity index (χ3v) is 2.78. The average Bonchev–Trinajstić information content (AvgIpc) is 2.72. The topological polar surface area (TPSA) is 48.6 Å². The van der Waals surface area contributed by atoms with Crippen LogP contribution in [0.25, 0.3) is 0 Å².